The van der Waals surface area contributed by atoms with Crippen molar-refractivity contribution in [2.75, 3.05) is 26.2 Å². The lowest BCUT2D eigenvalue weighted by Crippen LogP contribution is -2.47. The highest BCUT2D eigenvalue weighted by atomic mass is 16.5. The molecule has 5 heteroatoms. The van der Waals surface area contributed by atoms with Gasteiger partial charge in [-0.25, -0.2) is 4.79 Å². The molecule has 0 bridgehead atoms. The van der Waals surface area contributed by atoms with Crippen molar-refractivity contribution < 1.29 is 19.7 Å². The number of para-hydroxylation sites is 1. The Morgan fingerprint density at radius 2 is 2.20 bits per heavy atom. The number of carboxylic acid groups (broad SMARTS) is 1. The maximum atomic E-state index is 11.0. The Kier molecular flexibility index (Phi) is 4.62. The quantitative estimate of drug-likeness (QED) is 0.857. The minimum absolute atomic E-state index is 0.179. The third-order valence-electron chi connectivity index (χ3n) is 3.54. The van der Waals surface area contributed by atoms with Crippen LogP contribution in [-0.4, -0.2) is 52.9 Å². The fourth-order valence-electron chi connectivity index (χ4n) is 2.57. The number of nitrogens with zero attached hydrogens (tertiary/aromatic N) is 1. The lowest BCUT2D eigenvalue weighted by molar-refractivity contribution is -0.0183. The van der Waals surface area contributed by atoms with Gasteiger partial charge in [0.25, 0.3) is 0 Å². The fraction of sp³-hybridized carbons (Fsp3) is 0.533. The molecule has 0 aliphatic carbocycles. The summed E-state index contributed by atoms with van der Waals surface area (Å²) < 4.78 is 5.57. The average Bonchev–Trinajstić information content (AvgIpc) is 2.38. The second-order valence-electron chi connectivity index (χ2n) is 5.53. The van der Waals surface area contributed by atoms with E-state index in [1.165, 1.54) is 6.07 Å². The van der Waals surface area contributed by atoms with E-state index in [0.717, 1.165) is 19.4 Å². The molecule has 1 saturated heterocycles. The first kappa shape index (κ1) is 14.8. The zero-order valence-electron chi connectivity index (χ0n) is 11.7. The highest BCUT2D eigenvalue weighted by Gasteiger charge is 2.27. The number of carboxylic acids is 1. The van der Waals surface area contributed by atoms with Crippen molar-refractivity contribution in [1.29, 1.82) is 0 Å². The van der Waals surface area contributed by atoms with Gasteiger partial charge in [0, 0.05) is 13.1 Å². The Hall–Kier alpha value is -1.59. The minimum Gasteiger partial charge on any atom is -0.491 e. The molecule has 0 saturated carbocycles. The van der Waals surface area contributed by atoms with Crippen LogP contribution < -0.4 is 4.74 Å². The maximum Gasteiger partial charge on any atom is 0.339 e. The van der Waals surface area contributed by atoms with Crippen molar-refractivity contribution in [2.24, 2.45) is 0 Å². The van der Waals surface area contributed by atoms with Crippen LogP contribution in [0.3, 0.4) is 0 Å². The first-order valence-electron chi connectivity index (χ1n) is 6.88. The molecule has 1 fully saturated rings. The van der Waals surface area contributed by atoms with E-state index < -0.39 is 11.6 Å². The summed E-state index contributed by atoms with van der Waals surface area (Å²) in [7, 11) is 0. The largest absolute Gasteiger partial charge is 0.491 e. The summed E-state index contributed by atoms with van der Waals surface area (Å²) in [5.41, 5.74) is -0.449. The zero-order chi connectivity index (χ0) is 14.6. The Bertz CT molecular complexity index is 473. The third kappa shape index (κ3) is 3.95. The molecule has 0 radical (unpaired) electrons. The van der Waals surface area contributed by atoms with Gasteiger partial charge in [-0.3, -0.25) is 4.90 Å². The van der Waals surface area contributed by atoms with Gasteiger partial charge in [-0.2, -0.15) is 0 Å². The molecule has 1 aliphatic rings. The van der Waals surface area contributed by atoms with Crippen LogP contribution in [0.5, 0.6) is 5.75 Å². The molecule has 1 aromatic carbocycles. The Morgan fingerprint density at radius 3 is 2.90 bits per heavy atom. The summed E-state index contributed by atoms with van der Waals surface area (Å²) in [6.45, 7) is 4.53. The number of piperidine rings is 1. The maximum absolute atomic E-state index is 11.0. The molecule has 0 aromatic heterocycles. The van der Waals surface area contributed by atoms with Crippen molar-refractivity contribution in [2.45, 2.75) is 25.4 Å². The summed E-state index contributed by atoms with van der Waals surface area (Å²) in [6, 6.07) is 6.63. The lowest BCUT2D eigenvalue weighted by atomic mass is 9.95. The molecule has 1 aromatic rings. The molecule has 5 nitrogen and oxygen atoms in total. The van der Waals surface area contributed by atoms with E-state index in [0.29, 0.717) is 25.4 Å². The lowest BCUT2D eigenvalue weighted by Gasteiger charge is -2.36. The van der Waals surface area contributed by atoms with E-state index in [2.05, 4.69) is 4.90 Å². The number of hydrogen-bond acceptors (Lipinski definition) is 4. The van der Waals surface area contributed by atoms with Crippen LogP contribution in [0.15, 0.2) is 24.3 Å². The second kappa shape index (κ2) is 6.24. The first-order valence-corrected chi connectivity index (χ1v) is 6.88. The molecule has 0 amide bonds. The second-order valence-corrected chi connectivity index (χ2v) is 5.53. The summed E-state index contributed by atoms with van der Waals surface area (Å²) in [4.78, 5) is 13.2. The van der Waals surface area contributed by atoms with Gasteiger partial charge < -0.3 is 14.9 Å². The molecule has 110 valence electrons. The van der Waals surface area contributed by atoms with Crippen molar-refractivity contribution >= 4 is 5.97 Å². The van der Waals surface area contributed by atoms with E-state index in [1.54, 1.807) is 18.2 Å². The van der Waals surface area contributed by atoms with E-state index >= 15 is 0 Å². The smallest absolute Gasteiger partial charge is 0.339 e. The highest BCUT2D eigenvalue weighted by Crippen LogP contribution is 2.21. The Morgan fingerprint density at radius 1 is 1.45 bits per heavy atom. The van der Waals surface area contributed by atoms with Gasteiger partial charge in [-0.15, -0.1) is 0 Å². The standard InChI is InChI=1S/C15H21NO4/c1-15(19)7-4-8-16(11-15)9-10-20-13-6-3-2-5-12(13)14(17)18/h2-3,5-6,19H,4,7-11H2,1H3,(H,17,18). The topological polar surface area (TPSA) is 70.0 Å². The SMILES string of the molecule is CC1(O)CCCN(CCOc2ccccc2C(=O)O)C1. The van der Waals surface area contributed by atoms with Crippen LogP contribution in [0, 0.1) is 0 Å². The minimum atomic E-state index is -0.985. The van der Waals surface area contributed by atoms with Crippen molar-refractivity contribution in [3.8, 4) is 5.75 Å². The molecule has 20 heavy (non-hydrogen) atoms. The predicted molar refractivity (Wildman–Crippen MR) is 75.2 cm³/mol. The number of rotatable bonds is 5. The van der Waals surface area contributed by atoms with Gasteiger partial charge in [-0.1, -0.05) is 12.1 Å². The van der Waals surface area contributed by atoms with E-state index in [-0.39, 0.29) is 5.56 Å². The van der Waals surface area contributed by atoms with Crippen LogP contribution in [0.1, 0.15) is 30.1 Å². The molecule has 1 atom stereocenters. The molecular weight excluding hydrogens is 258 g/mol. The number of carbonyl (C=O) groups is 1. The zero-order valence-corrected chi connectivity index (χ0v) is 11.7. The number of aliphatic hydroxyl groups is 1. The van der Waals surface area contributed by atoms with E-state index in [1.807, 2.05) is 6.92 Å². The van der Waals surface area contributed by atoms with Crippen LogP contribution in [-0.2, 0) is 0 Å². The number of hydrogen-bond donors (Lipinski definition) is 2. The van der Waals surface area contributed by atoms with Gasteiger partial charge in [0.05, 0.1) is 5.60 Å². The number of aromatic carboxylic acids is 1. The first-order chi connectivity index (χ1) is 9.48. The summed E-state index contributed by atoms with van der Waals surface area (Å²) in [5.74, 6) is -0.592. The summed E-state index contributed by atoms with van der Waals surface area (Å²) >= 11 is 0. The van der Waals surface area contributed by atoms with E-state index in [9.17, 15) is 9.90 Å². The van der Waals surface area contributed by atoms with Crippen LogP contribution in [0.4, 0.5) is 0 Å². The molecule has 0 spiro atoms. The number of benzene rings is 1. The number of likely N-dealkylation sites (tertiary alicyclic amines) is 1. The predicted octanol–water partition coefficient (Wildman–Crippen LogP) is 1.61. The van der Waals surface area contributed by atoms with Gasteiger partial charge in [-0.05, 0) is 38.4 Å². The number of ether oxygens (including phenoxy) is 1. The van der Waals surface area contributed by atoms with Gasteiger partial charge >= 0.3 is 5.97 Å². The molecular formula is C15H21NO4. The van der Waals surface area contributed by atoms with Crippen LogP contribution in [0.2, 0.25) is 0 Å². The fourth-order valence-corrected chi connectivity index (χ4v) is 2.57. The Balaban J connectivity index is 1.86. The van der Waals surface area contributed by atoms with Crippen molar-refractivity contribution in [3.05, 3.63) is 29.8 Å². The molecule has 1 aliphatic heterocycles. The van der Waals surface area contributed by atoms with E-state index in [4.69, 9.17) is 9.84 Å². The Labute approximate surface area is 118 Å². The summed E-state index contributed by atoms with van der Waals surface area (Å²) in [5, 5.41) is 19.1. The molecule has 1 heterocycles. The third-order valence-corrected chi connectivity index (χ3v) is 3.54. The monoisotopic (exact) mass is 279 g/mol. The normalized spacial score (nSPS) is 23.5. The van der Waals surface area contributed by atoms with Gasteiger partial charge in [0.2, 0.25) is 0 Å². The van der Waals surface area contributed by atoms with Crippen molar-refractivity contribution in [3.63, 3.8) is 0 Å². The molecule has 2 rings (SSSR count). The van der Waals surface area contributed by atoms with Crippen LogP contribution in [0.25, 0.3) is 0 Å². The van der Waals surface area contributed by atoms with Gasteiger partial charge in [0.1, 0.15) is 17.9 Å². The molecule has 1 unspecified atom stereocenters. The number of β-amino-alcohol motifs (C(OH)–C–C–N with tert-alkyl or cyclic N) is 1. The average molecular weight is 279 g/mol. The highest BCUT2D eigenvalue weighted by molar-refractivity contribution is 5.90. The van der Waals surface area contributed by atoms with Crippen molar-refractivity contribution in [1.82, 2.24) is 4.90 Å². The van der Waals surface area contributed by atoms with Gasteiger partial charge in [0.15, 0.2) is 0 Å². The molecule has 2 N–H and O–H groups in total. The van der Waals surface area contributed by atoms with Crippen LogP contribution >= 0.6 is 0 Å². The summed E-state index contributed by atoms with van der Waals surface area (Å²) in [6.07, 6.45) is 1.80.